The first-order valence-corrected chi connectivity index (χ1v) is 8.56. The van der Waals surface area contributed by atoms with Crippen LogP contribution in [-0.2, 0) is 11.2 Å². The van der Waals surface area contributed by atoms with Crippen LogP contribution in [0.25, 0.3) is 0 Å². The number of aliphatic carboxylic acids is 1. The molecule has 128 valence electrons. The van der Waals surface area contributed by atoms with E-state index in [1.54, 1.807) is 0 Å². The minimum Gasteiger partial charge on any atom is -0.494 e. The molecule has 1 aliphatic heterocycles. The average Bonchev–Trinajstić information content (AvgIpc) is 2.57. The maximum Gasteiger partial charge on any atom is 0.320 e. The molecule has 1 saturated heterocycles. The SMILES string of the molecule is N[C@@H](Cc1ccc(OCCCCC2CCNCC2)cc1)C(=O)O. The molecule has 5 nitrogen and oxygen atoms in total. The number of carbonyl (C=O) groups is 1. The summed E-state index contributed by atoms with van der Waals surface area (Å²) < 4.78 is 5.74. The number of rotatable bonds is 9. The fourth-order valence-electron chi connectivity index (χ4n) is 2.96. The highest BCUT2D eigenvalue weighted by atomic mass is 16.5. The van der Waals surface area contributed by atoms with Gasteiger partial charge in [0.2, 0.25) is 0 Å². The summed E-state index contributed by atoms with van der Waals surface area (Å²) in [6, 6.07) is 6.69. The maximum absolute atomic E-state index is 10.7. The van der Waals surface area contributed by atoms with Gasteiger partial charge in [0, 0.05) is 0 Å². The minimum absolute atomic E-state index is 0.339. The second-order valence-corrected chi connectivity index (χ2v) is 6.33. The van der Waals surface area contributed by atoms with Crippen LogP contribution in [0.2, 0.25) is 0 Å². The van der Waals surface area contributed by atoms with Crippen LogP contribution in [-0.4, -0.2) is 36.8 Å². The van der Waals surface area contributed by atoms with Crippen molar-refractivity contribution in [2.24, 2.45) is 11.7 Å². The van der Waals surface area contributed by atoms with Crippen molar-refractivity contribution in [3.8, 4) is 5.75 Å². The standard InChI is InChI=1S/C18H28N2O3/c19-17(18(21)22)13-15-4-6-16(7-5-15)23-12-2-1-3-14-8-10-20-11-9-14/h4-7,14,17,20H,1-3,8-13,19H2,(H,21,22)/t17-/m0/s1. The largest absolute Gasteiger partial charge is 0.494 e. The summed E-state index contributed by atoms with van der Waals surface area (Å²) in [5, 5.41) is 12.2. The van der Waals surface area contributed by atoms with E-state index in [4.69, 9.17) is 15.6 Å². The number of hydrogen-bond donors (Lipinski definition) is 3. The number of nitrogens with two attached hydrogens (primary N) is 1. The number of piperidine rings is 1. The molecule has 2 rings (SSSR count). The first kappa shape index (κ1) is 17.8. The van der Waals surface area contributed by atoms with Crippen molar-refractivity contribution in [1.82, 2.24) is 5.32 Å². The van der Waals surface area contributed by atoms with Gasteiger partial charge in [-0.3, -0.25) is 4.79 Å². The normalized spacial score (nSPS) is 16.9. The number of carboxylic acid groups (broad SMARTS) is 1. The van der Waals surface area contributed by atoms with E-state index in [0.29, 0.717) is 6.42 Å². The van der Waals surface area contributed by atoms with Crippen LogP contribution < -0.4 is 15.8 Å². The zero-order valence-electron chi connectivity index (χ0n) is 13.7. The number of nitrogens with one attached hydrogen (secondary N) is 1. The number of hydrogen-bond acceptors (Lipinski definition) is 4. The van der Waals surface area contributed by atoms with Gasteiger partial charge in [0.15, 0.2) is 0 Å². The van der Waals surface area contributed by atoms with Crippen molar-refractivity contribution in [2.45, 2.75) is 44.6 Å². The summed E-state index contributed by atoms with van der Waals surface area (Å²) in [7, 11) is 0. The molecular weight excluding hydrogens is 292 g/mol. The predicted molar refractivity (Wildman–Crippen MR) is 90.7 cm³/mol. The van der Waals surface area contributed by atoms with Crippen LogP contribution in [0.15, 0.2) is 24.3 Å². The van der Waals surface area contributed by atoms with Crippen molar-refractivity contribution in [3.05, 3.63) is 29.8 Å². The van der Waals surface area contributed by atoms with Crippen LogP contribution >= 0.6 is 0 Å². The van der Waals surface area contributed by atoms with E-state index < -0.39 is 12.0 Å². The number of benzene rings is 1. The lowest BCUT2D eigenvalue weighted by Crippen LogP contribution is -2.32. The molecule has 1 heterocycles. The van der Waals surface area contributed by atoms with Crippen LogP contribution in [0.5, 0.6) is 5.75 Å². The van der Waals surface area contributed by atoms with E-state index in [9.17, 15) is 4.79 Å². The Bertz CT molecular complexity index is 470. The molecule has 0 bridgehead atoms. The quantitative estimate of drug-likeness (QED) is 0.607. The lowest BCUT2D eigenvalue weighted by molar-refractivity contribution is -0.138. The summed E-state index contributed by atoms with van der Waals surface area (Å²) in [5.74, 6) is 0.743. The highest BCUT2D eigenvalue weighted by molar-refractivity contribution is 5.73. The molecule has 23 heavy (non-hydrogen) atoms. The van der Waals surface area contributed by atoms with E-state index in [1.165, 1.54) is 38.8 Å². The van der Waals surface area contributed by atoms with E-state index in [0.717, 1.165) is 30.3 Å². The van der Waals surface area contributed by atoms with Crippen molar-refractivity contribution >= 4 is 5.97 Å². The molecule has 1 aromatic carbocycles. The Morgan fingerprint density at radius 3 is 2.61 bits per heavy atom. The molecule has 1 aliphatic rings. The van der Waals surface area contributed by atoms with E-state index >= 15 is 0 Å². The molecule has 1 atom stereocenters. The second-order valence-electron chi connectivity index (χ2n) is 6.33. The topological polar surface area (TPSA) is 84.6 Å². The van der Waals surface area contributed by atoms with Gasteiger partial charge in [0.05, 0.1) is 6.61 Å². The van der Waals surface area contributed by atoms with Crippen LogP contribution in [0, 0.1) is 5.92 Å². The van der Waals surface area contributed by atoms with Gasteiger partial charge in [-0.1, -0.05) is 18.6 Å². The molecule has 0 amide bonds. The van der Waals surface area contributed by atoms with Gasteiger partial charge in [-0.2, -0.15) is 0 Å². The van der Waals surface area contributed by atoms with Crippen molar-refractivity contribution in [1.29, 1.82) is 0 Å². The third-order valence-corrected chi connectivity index (χ3v) is 4.43. The molecule has 5 heteroatoms. The minimum atomic E-state index is -0.973. The first-order valence-electron chi connectivity index (χ1n) is 8.56. The van der Waals surface area contributed by atoms with Crippen molar-refractivity contribution in [3.63, 3.8) is 0 Å². The lowest BCUT2D eigenvalue weighted by Gasteiger charge is -2.22. The van der Waals surface area contributed by atoms with Gasteiger partial charge in [0.1, 0.15) is 11.8 Å². The molecule has 1 aromatic rings. The summed E-state index contributed by atoms with van der Waals surface area (Å²) in [4.78, 5) is 10.7. The Morgan fingerprint density at radius 2 is 1.96 bits per heavy atom. The molecular formula is C18H28N2O3. The Kier molecular flexibility index (Phi) is 7.36. The van der Waals surface area contributed by atoms with E-state index in [-0.39, 0.29) is 0 Å². The van der Waals surface area contributed by atoms with E-state index in [2.05, 4.69) is 5.32 Å². The highest BCUT2D eigenvalue weighted by Gasteiger charge is 2.13. The number of ether oxygens (including phenoxy) is 1. The molecule has 0 saturated carbocycles. The molecule has 4 N–H and O–H groups in total. The monoisotopic (exact) mass is 320 g/mol. The van der Waals surface area contributed by atoms with Gasteiger partial charge in [-0.25, -0.2) is 0 Å². The molecule has 0 radical (unpaired) electrons. The Hall–Kier alpha value is -1.59. The molecule has 1 fully saturated rings. The van der Waals surface area contributed by atoms with Gasteiger partial charge >= 0.3 is 5.97 Å². The summed E-state index contributed by atoms with van der Waals surface area (Å²) in [6.07, 6.45) is 6.55. The first-order chi connectivity index (χ1) is 11.1. The average molecular weight is 320 g/mol. The fraction of sp³-hybridized carbons (Fsp3) is 0.611. The van der Waals surface area contributed by atoms with Gasteiger partial charge < -0.3 is 20.9 Å². The highest BCUT2D eigenvalue weighted by Crippen LogP contribution is 2.19. The van der Waals surface area contributed by atoms with Crippen molar-refractivity contribution in [2.75, 3.05) is 19.7 Å². The van der Waals surface area contributed by atoms with Gasteiger partial charge in [-0.15, -0.1) is 0 Å². The zero-order valence-corrected chi connectivity index (χ0v) is 13.7. The second kappa shape index (κ2) is 9.53. The summed E-state index contributed by atoms with van der Waals surface area (Å²) >= 11 is 0. The summed E-state index contributed by atoms with van der Waals surface area (Å²) in [6.45, 7) is 3.07. The smallest absolute Gasteiger partial charge is 0.320 e. The third kappa shape index (κ3) is 6.59. The molecule has 0 unspecified atom stereocenters. The van der Waals surface area contributed by atoms with Crippen molar-refractivity contribution < 1.29 is 14.6 Å². The van der Waals surface area contributed by atoms with Gasteiger partial charge in [-0.05, 0) is 68.8 Å². The molecule has 0 aromatic heterocycles. The molecule has 0 aliphatic carbocycles. The Morgan fingerprint density at radius 1 is 1.26 bits per heavy atom. The Balaban J connectivity index is 1.61. The fourth-order valence-corrected chi connectivity index (χ4v) is 2.96. The number of carboxylic acids is 1. The zero-order chi connectivity index (χ0) is 16.5. The van der Waals surface area contributed by atoms with E-state index in [1.807, 2.05) is 24.3 Å². The third-order valence-electron chi connectivity index (χ3n) is 4.43. The van der Waals surface area contributed by atoms with Crippen LogP contribution in [0.1, 0.15) is 37.7 Å². The van der Waals surface area contributed by atoms with Crippen LogP contribution in [0.3, 0.4) is 0 Å². The molecule has 0 spiro atoms. The summed E-state index contributed by atoms with van der Waals surface area (Å²) in [5.41, 5.74) is 6.44. The predicted octanol–water partition coefficient (Wildman–Crippen LogP) is 2.19. The Labute approximate surface area is 138 Å². The lowest BCUT2D eigenvalue weighted by atomic mass is 9.93. The van der Waals surface area contributed by atoms with Gasteiger partial charge in [0.25, 0.3) is 0 Å². The van der Waals surface area contributed by atoms with Crippen LogP contribution in [0.4, 0.5) is 0 Å². The maximum atomic E-state index is 10.7. The number of unbranched alkanes of at least 4 members (excludes halogenated alkanes) is 1.